The van der Waals surface area contributed by atoms with Gasteiger partial charge in [0.1, 0.15) is 0 Å². The average Bonchev–Trinajstić information content (AvgIpc) is 1.64. The standard InChI is InChI=1S/C5H10NOPS/c1-3(7)5(6-8)4(2)9/h5-6,9H,2,8H2,1H3/t5-/m1/s1. The SMILES string of the molecule is C=C(S)[C@H](NP)C(C)=O. The van der Waals surface area contributed by atoms with Gasteiger partial charge in [0.25, 0.3) is 0 Å². The van der Waals surface area contributed by atoms with Gasteiger partial charge in [-0.1, -0.05) is 16.0 Å². The molecule has 0 aromatic rings. The van der Waals surface area contributed by atoms with Gasteiger partial charge in [-0.2, -0.15) is 0 Å². The lowest BCUT2D eigenvalue weighted by Crippen LogP contribution is -2.28. The van der Waals surface area contributed by atoms with Gasteiger partial charge in [0.15, 0.2) is 5.78 Å². The first-order valence-electron chi connectivity index (χ1n) is 2.44. The Morgan fingerprint density at radius 1 is 1.89 bits per heavy atom. The molecule has 0 saturated heterocycles. The fraction of sp³-hybridized carbons (Fsp3) is 0.400. The van der Waals surface area contributed by atoms with E-state index in [9.17, 15) is 4.79 Å². The summed E-state index contributed by atoms with van der Waals surface area (Å²) in [5, 5.41) is 2.69. The van der Waals surface area contributed by atoms with E-state index in [0.29, 0.717) is 4.91 Å². The molecule has 9 heavy (non-hydrogen) atoms. The molecule has 0 aromatic carbocycles. The fourth-order valence-corrected chi connectivity index (χ4v) is 1.28. The minimum atomic E-state index is -0.335. The highest BCUT2D eigenvalue weighted by atomic mass is 32.1. The number of carbonyl (C=O) groups is 1. The molecule has 0 aliphatic carbocycles. The summed E-state index contributed by atoms with van der Waals surface area (Å²) in [6.45, 7) is 5.00. The van der Waals surface area contributed by atoms with Gasteiger partial charge < -0.3 is 0 Å². The average molecular weight is 163 g/mol. The number of ketones is 1. The predicted molar refractivity (Wildman–Crippen MR) is 45.4 cm³/mol. The van der Waals surface area contributed by atoms with Crippen LogP contribution in [-0.4, -0.2) is 11.8 Å². The van der Waals surface area contributed by atoms with E-state index < -0.39 is 0 Å². The number of nitrogens with one attached hydrogen (secondary N) is 1. The zero-order valence-electron chi connectivity index (χ0n) is 5.22. The van der Waals surface area contributed by atoms with Crippen molar-refractivity contribution in [3.8, 4) is 0 Å². The number of thiol groups is 1. The van der Waals surface area contributed by atoms with Crippen molar-refractivity contribution < 1.29 is 4.79 Å². The van der Waals surface area contributed by atoms with Gasteiger partial charge >= 0.3 is 0 Å². The van der Waals surface area contributed by atoms with E-state index >= 15 is 0 Å². The van der Waals surface area contributed by atoms with Gasteiger partial charge in [0.05, 0.1) is 6.04 Å². The van der Waals surface area contributed by atoms with Crippen LogP contribution in [0, 0.1) is 0 Å². The third-order valence-corrected chi connectivity index (χ3v) is 1.50. The van der Waals surface area contributed by atoms with E-state index in [4.69, 9.17) is 0 Å². The van der Waals surface area contributed by atoms with Crippen molar-refractivity contribution >= 4 is 27.8 Å². The quantitative estimate of drug-likeness (QED) is 0.475. The minimum absolute atomic E-state index is 0.0185. The van der Waals surface area contributed by atoms with Crippen LogP contribution in [0.1, 0.15) is 6.92 Å². The van der Waals surface area contributed by atoms with Crippen molar-refractivity contribution in [2.75, 3.05) is 0 Å². The van der Waals surface area contributed by atoms with Gasteiger partial charge in [0, 0.05) is 0 Å². The molecule has 4 heteroatoms. The van der Waals surface area contributed by atoms with Gasteiger partial charge in [0.2, 0.25) is 0 Å². The third kappa shape index (κ3) is 2.99. The molecular weight excluding hydrogens is 153 g/mol. The number of hydrogen-bond donors (Lipinski definition) is 2. The Morgan fingerprint density at radius 2 is 2.33 bits per heavy atom. The summed E-state index contributed by atoms with van der Waals surface area (Å²) in [5.74, 6) is 0.0185. The van der Waals surface area contributed by atoms with Crippen molar-refractivity contribution in [3.05, 3.63) is 11.5 Å². The Bertz CT molecular complexity index is 123. The van der Waals surface area contributed by atoms with E-state index in [1.807, 2.05) is 0 Å². The molecule has 0 heterocycles. The summed E-state index contributed by atoms with van der Waals surface area (Å²) in [7, 11) is 2.25. The lowest BCUT2D eigenvalue weighted by Gasteiger charge is -2.09. The number of rotatable bonds is 3. The molecule has 2 atom stereocenters. The van der Waals surface area contributed by atoms with Gasteiger partial charge in [-0.05, 0) is 11.8 Å². The first-order chi connectivity index (χ1) is 4.09. The normalized spacial score (nSPS) is 12.8. The summed E-state index contributed by atoms with van der Waals surface area (Å²) in [5.41, 5.74) is 0. The van der Waals surface area contributed by atoms with Crippen molar-refractivity contribution in [1.82, 2.24) is 5.09 Å². The fourth-order valence-electron chi connectivity index (χ4n) is 0.448. The van der Waals surface area contributed by atoms with Crippen LogP contribution >= 0.6 is 22.0 Å². The Balaban J connectivity index is 3.99. The molecule has 1 unspecified atom stereocenters. The maximum atomic E-state index is 10.6. The molecule has 0 aliphatic heterocycles. The van der Waals surface area contributed by atoms with Crippen LogP contribution in [0.3, 0.4) is 0 Å². The number of carbonyl (C=O) groups excluding carboxylic acids is 1. The Morgan fingerprint density at radius 3 is 2.33 bits per heavy atom. The zero-order valence-corrected chi connectivity index (χ0v) is 7.27. The maximum absolute atomic E-state index is 10.6. The van der Waals surface area contributed by atoms with Gasteiger partial charge in [-0.25, -0.2) is 0 Å². The third-order valence-electron chi connectivity index (χ3n) is 0.906. The molecule has 0 saturated carbocycles. The maximum Gasteiger partial charge on any atom is 0.151 e. The van der Waals surface area contributed by atoms with E-state index in [2.05, 4.69) is 33.7 Å². The highest BCUT2D eigenvalue weighted by Crippen LogP contribution is 2.05. The summed E-state index contributed by atoms with van der Waals surface area (Å²) in [6.07, 6.45) is 0. The highest BCUT2D eigenvalue weighted by Gasteiger charge is 2.11. The Kier molecular flexibility index (Phi) is 4.11. The second-order valence-corrected chi connectivity index (χ2v) is 2.61. The summed E-state index contributed by atoms with van der Waals surface area (Å²) in [6, 6.07) is -0.335. The van der Waals surface area contributed by atoms with E-state index in [1.54, 1.807) is 0 Å². The molecule has 0 fully saturated rings. The predicted octanol–water partition coefficient (Wildman–Crippen LogP) is 0.767. The van der Waals surface area contributed by atoms with Crippen molar-refractivity contribution in [1.29, 1.82) is 0 Å². The van der Waals surface area contributed by atoms with Gasteiger partial charge in [-0.3, -0.25) is 9.88 Å². The smallest absolute Gasteiger partial charge is 0.151 e. The van der Waals surface area contributed by atoms with Crippen LogP contribution in [0.25, 0.3) is 0 Å². The minimum Gasteiger partial charge on any atom is -0.298 e. The summed E-state index contributed by atoms with van der Waals surface area (Å²) in [4.78, 5) is 11.2. The molecule has 0 rings (SSSR count). The van der Waals surface area contributed by atoms with E-state index in [-0.39, 0.29) is 11.8 Å². The topological polar surface area (TPSA) is 29.1 Å². The largest absolute Gasteiger partial charge is 0.298 e. The summed E-state index contributed by atoms with van der Waals surface area (Å²) < 4.78 is 0. The van der Waals surface area contributed by atoms with Crippen molar-refractivity contribution in [2.45, 2.75) is 13.0 Å². The molecule has 0 spiro atoms. The molecular formula is C5H10NOPS. The first-order valence-corrected chi connectivity index (χ1v) is 3.46. The Labute approximate surface area is 62.8 Å². The monoisotopic (exact) mass is 163 g/mol. The molecule has 0 bridgehead atoms. The lowest BCUT2D eigenvalue weighted by molar-refractivity contribution is -0.117. The second-order valence-electron chi connectivity index (χ2n) is 1.70. The molecule has 0 aromatic heterocycles. The van der Waals surface area contributed by atoms with E-state index in [0.717, 1.165) is 0 Å². The van der Waals surface area contributed by atoms with Crippen LogP contribution in [-0.2, 0) is 4.79 Å². The molecule has 2 nitrogen and oxygen atoms in total. The van der Waals surface area contributed by atoms with Crippen LogP contribution in [0.5, 0.6) is 0 Å². The zero-order chi connectivity index (χ0) is 7.44. The van der Waals surface area contributed by atoms with Gasteiger partial charge in [-0.15, -0.1) is 12.6 Å². The molecule has 0 radical (unpaired) electrons. The number of hydrogen-bond acceptors (Lipinski definition) is 3. The lowest BCUT2D eigenvalue weighted by atomic mass is 10.2. The Hall–Kier alpha value is 0.150. The first kappa shape index (κ1) is 9.15. The molecule has 1 N–H and O–H groups in total. The van der Waals surface area contributed by atoms with Crippen molar-refractivity contribution in [2.24, 2.45) is 0 Å². The highest BCUT2D eigenvalue weighted by molar-refractivity contribution is 7.84. The molecule has 0 amide bonds. The van der Waals surface area contributed by atoms with Crippen LogP contribution < -0.4 is 5.09 Å². The summed E-state index contributed by atoms with van der Waals surface area (Å²) >= 11 is 3.92. The second kappa shape index (κ2) is 4.04. The van der Waals surface area contributed by atoms with E-state index in [1.165, 1.54) is 6.92 Å². The number of Topliss-reactive ketones (excluding diaryl/α,β-unsaturated/α-hetero) is 1. The van der Waals surface area contributed by atoms with Crippen LogP contribution in [0.15, 0.2) is 11.5 Å². The van der Waals surface area contributed by atoms with Crippen molar-refractivity contribution in [3.63, 3.8) is 0 Å². The molecule has 0 aliphatic rings. The van der Waals surface area contributed by atoms with Crippen LogP contribution in [0.4, 0.5) is 0 Å². The molecule has 52 valence electrons. The van der Waals surface area contributed by atoms with Crippen LogP contribution in [0.2, 0.25) is 0 Å².